The van der Waals surface area contributed by atoms with Crippen LogP contribution in [0.3, 0.4) is 0 Å². The Labute approximate surface area is 128 Å². The summed E-state index contributed by atoms with van der Waals surface area (Å²) >= 11 is 3.31. The van der Waals surface area contributed by atoms with Gasteiger partial charge in [0.25, 0.3) is 5.91 Å². The van der Waals surface area contributed by atoms with Crippen LogP contribution in [0.4, 0.5) is 18.9 Å². The molecule has 0 saturated carbocycles. The van der Waals surface area contributed by atoms with Gasteiger partial charge in [0.2, 0.25) is 0 Å². The highest BCUT2D eigenvalue weighted by Gasteiger charge is 2.47. The quantitative estimate of drug-likeness (QED) is 0.862. The lowest BCUT2D eigenvalue weighted by Gasteiger charge is -2.27. The predicted molar refractivity (Wildman–Crippen MR) is 76.9 cm³/mol. The third-order valence-electron chi connectivity index (χ3n) is 3.69. The fourth-order valence-electron chi connectivity index (χ4n) is 2.37. The molecule has 0 aromatic heterocycles. The molecule has 1 aliphatic rings. The molecule has 1 aromatic rings. The van der Waals surface area contributed by atoms with E-state index in [1.54, 1.807) is 32.2 Å². The van der Waals surface area contributed by atoms with E-state index in [1.165, 1.54) is 4.90 Å². The molecular weight excluding hydrogens is 351 g/mol. The van der Waals surface area contributed by atoms with Crippen molar-refractivity contribution in [3.8, 4) is 0 Å². The molecule has 8 heteroatoms. The lowest BCUT2D eigenvalue weighted by molar-refractivity contribution is -0.148. The van der Waals surface area contributed by atoms with E-state index < -0.39 is 24.3 Å². The van der Waals surface area contributed by atoms with Crippen LogP contribution in [0.15, 0.2) is 22.7 Å². The molecule has 1 heterocycles. The molecule has 2 rings (SSSR count). The lowest BCUT2D eigenvalue weighted by atomic mass is 9.93. The zero-order valence-electron chi connectivity index (χ0n) is 11.5. The van der Waals surface area contributed by atoms with Crippen molar-refractivity contribution in [2.45, 2.75) is 24.7 Å². The molecule has 4 nitrogen and oxygen atoms in total. The van der Waals surface area contributed by atoms with Crippen LogP contribution in [0.25, 0.3) is 0 Å². The number of likely N-dealkylation sites (N-methyl/N-ethyl adjacent to an activating group) is 1. The number of hydrogen-bond acceptors (Lipinski definition) is 3. The minimum Gasteiger partial charge on any atom is -0.319 e. The standard InChI is InChI=1S/C13H15BrF3N3O/c1-12(19-6-10(18)13(15,16)17)8-4-3-7(14)5-9(8)20(2)11(12)21/h3-5,10,19H,6,18H2,1-2H3/t10-,12?/m0/s1. The maximum atomic E-state index is 12.5. The number of anilines is 1. The molecule has 0 saturated heterocycles. The van der Waals surface area contributed by atoms with Crippen molar-refractivity contribution in [1.82, 2.24) is 5.32 Å². The Balaban J connectivity index is 2.29. The van der Waals surface area contributed by atoms with Gasteiger partial charge in [-0.15, -0.1) is 0 Å². The van der Waals surface area contributed by atoms with E-state index in [9.17, 15) is 18.0 Å². The average Bonchev–Trinajstić information content (AvgIpc) is 2.57. The average molecular weight is 366 g/mol. The van der Waals surface area contributed by atoms with Crippen LogP contribution < -0.4 is 16.0 Å². The summed E-state index contributed by atoms with van der Waals surface area (Å²) in [5.41, 5.74) is 5.17. The minimum absolute atomic E-state index is 0.315. The van der Waals surface area contributed by atoms with E-state index in [0.717, 1.165) is 4.47 Å². The van der Waals surface area contributed by atoms with Gasteiger partial charge < -0.3 is 10.6 Å². The van der Waals surface area contributed by atoms with Crippen LogP contribution in [-0.4, -0.2) is 31.7 Å². The summed E-state index contributed by atoms with van der Waals surface area (Å²) in [4.78, 5) is 13.8. The number of amides is 1. The van der Waals surface area contributed by atoms with Gasteiger partial charge in [-0.05, 0) is 19.1 Å². The topological polar surface area (TPSA) is 58.4 Å². The summed E-state index contributed by atoms with van der Waals surface area (Å²) in [6, 6.07) is 3.19. The second-order valence-corrected chi connectivity index (χ2v) is 6.10. The van der Waals surface area contributed by atoms with Crippen LogP contribution >= 0.6 is 15.9 Å². The largest absolute Gasteiger partial charge is 0.404 e. The normalized spacial score (nSPS) is 23.4. The Hall–Kier alpha value is -1.12. The smallest absolute Gasteiger partial charge is 0.319 e. The molecule has 0 bridgehead atoms. The molecule has 0 fully saturated rings. The molecule has 0 radical (unpaired) electrons. The van der Waals surface area contributed by atoms with Gasteiger partial charge in [0, 0.05) is 23.6 Å². The van der Waals surface area contributed by atoms with Crippen LogP contribution in [0.2, 0.25) is 0 Å². The highest BCUT2D eigenvalue weighted by atomic mass is 79.9. The molecular formula is C13H15BrF3N3O. The molecule has 0 spiro atoms. The van der Waals surface area contributed by atoms with Crippen LogP contribution in [0.1, 0.15) is 12.5 Å². The Morgan fingerprint density at radius 1 is 1.48 bits per heavy atom. The Morgan fingerprint density at radius 2 is 2.10 bits per heavy atom. The SMILES string of the molecule is CN1C(=O)C(C)(NC[C@H](N)C(F)(F)F)c2ccc(Br)cc21. The summed E-state index contributed by atoms with van der Waals surface area (Å²) < 4.78 is 38.3. The van der Waals surface area contributed by atoms with Gasteiger partial charge in [-0.3, -0.25) is 10.1 Å². The number of carbonyl (C=O) groups excluding carboxylic acids is 1. The van der Waals surface area contributed by atoms with Crippen LogP contribution in [0, 0.1) is 0 Å². The van der Waals surface area contributed by atoms with Gasteiger partial charge in [0.15, 0.2) is 0 Å². The van der Waals surface area contributed by atoms with Crippen LogP contribution in [-0.2, 0) is 10.3 Å². The molecule has 3 N–H and O–H groups in total. The van der Waals surface area contributed by atoms with Crippen LogP contribution in [0.5, 0.6) is 0 Å². The summed E-state index contributed by atoms with van der Waals surface area (Å²) in [5.74, 6) is -0.315. The van der Waals surface area contributed by atoms with E-state index in [1.807, 2.05) is 0 Å². The summed E-state index contributed by atoms with van der Waals surface area (Å²) in [6.45, 7) is 1.03. The van der Waals surface area contributed by atoms with Gasteiger partial charge in [0.1, 0.15) is 11.6 Å². The minimum atomic E-state index is -4.50. The van der Waals surface area contributed by atoms with Gasteiger partial charge >= 0.3 is 6.18 Å². The third kappa shape index (κ3) is 2.79. The monoisotopic (exact) mass is 365 g/mol. The van der Waals surface area contributed by atoms with Gasteiger partial charge in [-0.1, -0.05) is 22.0 Å². The number of halogens is 4. The lowest BCUT2D eigenvalue weighted by Crippen LogP contribution is -2.54. The second-order valence-electron chi connectivity index (χ2n) is 5.18. The van der Waals surface area contributed by atoms with Crippen molar-refractivity contribution < 1.29 is 18.0 Å². The number of nitrogens with zero attached hydrogens (tertiary/aromatic N) is 1. The molecule has 21 heavy (non-hydrogen) atoms. The van der Waals surface area contributed by atoms with Gasteiger partial charge in [0.05, 0.1) is 5.69 Å². The zero-order chi connectivity index (χ0) is 16.0. The Kier molecular flexibility index (Phi) is 4.07. The first-order valence-corrected chi connectivity index (χ1v) is 7.02. The Morgan fingerprint density at radius 3 is 2.67 bits per heavy atom. The van der Waals surface area contributed by atoms with Crippen molar-refractivity contribution in [2.75, 3.05) is 18.5 Å². The first-order valence-electron chi connectivity index (χ1n) is 6.23. The Bertz CT molecular complexity index is 578. The maximum absolute atomic E-state index is 12.5. The first-order chi connectivity index (χ1) is 9.57. The highest BCUT2D eigenvalue weighted by Crippen LogP contribution is 2.40. The first kappa shape index (κ1) is 16.3. The number of hydrogen-bond donors (Lipinski definition) is 2. The molecule has 1 aliphatic heterocycles. The molecule has 116 valence electrons. The number of carbonyl (C=O) groups is 1. The number of benzene rings is 1. The fraction of sp³-hybridized carbons (Fsp3) is 0.462. The zero-order valence-corrected chi connectivity index (χ0v) is 13.0. The van der Waals surface area contributed by atoms with Crippen molar-refractivity contribution in [1.29, 1.82) is 0 Å². The fourth-order valence-corrected chi connectivity index (χ4v) is 2.71. The van der Waals surface area contributed by atoms with E-state index >= 15 is 0 Å². The van der Waals surface area contributed by atoms with Gasteiger partial charge in [-0.25, -0.2) is 0 Å². The summed E-state index contributed by atoms with van der Waals surface area (Å²) in [6.07, 6.45) is -4.50. The van der Waals surface area contributed by atoms with Gasteiger partial charge in [-0.2, -0.15) is 13.2 Å². The van der Waals surface area contributed by atoms with Crippen molar-refractivity contribution in [3.63, 3.8) is 0 Å². The molecule has 0 aliphatic carbocycles. The maximum Gasteiger partial charge on any atom is 0.404 e. The van der Waals surface area contributed by atoms with E-state index in [4.69, 9.17) is 5.73 Å². The number of fused-ring (bicyclic) bond motifs is 1. The molecule has 1 amide bonds. The van der Waals surface area contributed by atoms with Crippen molar-refractivity contribution >= 4 is 27.5 Å². The molecule has 2 atom stereocenters. The van der Waals surface area contributed by atoms with E-state index in [0.29, 0.717) is 11.3 Å². The molecule has 1 aromatic carbocycles. The summed E-state index contributed by atoms with van der Waals surface area (Å²) in [7, 11) is 1.59. The molecule has 1 unspecified atom stereocenters. The predicted octanol–water partition coefficient (Wildman–Crippen LogP) is 2.12. The van der Waals surface area contributed by atoms with E-state index in [2.05, 4.69) is 21.2 Å². The number of nitrogens with two attached hydrogens (primary N) is 1. The third-order valence-corrected chi connectivity index (χ3v) is 4.18. The van der Waals surface area contributed by atoms with E-state index in [-0.39, 0.29) is 5.91 Å². The second kappa shape index (κ2) is 5.26. The number of alkyl halides is 3. The highest BCUT2D eigenvalue weighted by molar-refractivity contribution is 9.10. The number of nitrogens with one attached hydrogen (secondary N) is 1. The summed E-state index contributed by atoms with van der Waals surface area (Å²) in [5, 5.41) is 2.67. The number of rotatable bonds is 3. The van der Waals surface area contributed by atoms with Crippen molar-refractivity contribution in [3.05, 3.63) is 28.2 Å². The van der Waals surface area contributed by atoms with Crippen molar-refractivity contribution in [2.24, 2.45) is 5.73 Å².